The number of aliphatic carboxylic acids is 2. The first-order valence-corrected chi connectivity index (χ1v) is 6.16. The van der Waals surface area contributed by atoms with E-state index in [2.05, 4.69) is 0 Å². The van der Waals surface area contributed by atoms with Crippen LogP contribution in [0.5, 0.6) is 0 Å². The highest BCUT2D eigenvalue weighted by molar-refractivity contribution is 6.55. The third-order valence-electron chi connectivity index (χ3n) is 2.19. The van der Waals surface area contributed by atoms with Gasteiger partial charge in [0, 0.05) is 5.56 Å². The Morgan fingerprint density at radius 3 is 1.26 bits per heavy atom. The Bertz CT molecular complexity index is 542. The van der Waals surface area contributed by atoms with Crippen LogP contribution in [0.25, 0.3) is 0 Å². The highest BCUT2D eigenvalue weighted by Gasteiger charge is 2.50. The van der Waals surface area contributed by atoms with Crippen LogP contribution < -0.4 is 0 Å². The van der Waals surface area contributed by atoms with Crippen LogP contribution in [-0.4, -0.2) is 27.3 Å². The molecule has 0 spiro atoms. The summed E-state index contributed by atoms with van der Waals surface area (Å²) >= 11 is 28.4. The number of carboxylic acids is 2. The molecule has 0 aliphatic heterocycles. The van der Waals surface area contributed by atoms with E-state index in [0.29, 0.717) is 0 Å². The van der Waals surface area contributed by atoms with Gasteiger partial charge in [0.05, 0.1) is 25.1 Å². The van der Waals surface area contributed by atoms with Crippen molar-refractivity contribution in [3.8, 4) is 0 Å². The zero-order chi connectivity index (χ0) is 15.1. The molecule has 0 bridgehead atoms. The van der Waals surface area contributed by atoms with E-state index in [1.165, 1.54) is 0 Å². The smallest absolute Gasteiger partial charge is 0.352 e. The van der Waals surface area contributed by atoms with Gasteiger partial charge in [-0.1, -0.05) is 58.0 Å². The predicted molar refractivity (Wildman–Crippen MR) is 70.7 cm³/mol. The van der Waals surface area contributed by atoms with Crippen LogP contribution in [0.1, 0.15) is 5.56 Å². The number of carboxylic acid groups (broad SMARTS) is 2. The zero-order valence-electron chi connectivity index (χ0n) is 8.55. The Hall–Kier alpha value is -0.430. The molecular weight excluding hydrogens is 365 g/mol. The maximum absolute atomic E-state index is 11.0. The van der Waals surface area contributed by atoms with Gasteiger partial charge in [0.1, 0.15) is 0 Å². The number of benzene rings is 1. The third-order valence-corrected chi connectivity index (χ3v) is 4.47. The minimum absolute atomic E-state index is 0.291. The normalized spacial score (nSPS) is 11.5. The second-order valence-corrected chi connectivity index (χ2v) is 5.16. The van der Waals surface area contributed by atoms with Gasteiger partial charge in [-0.2, -0.15) is 0 Å². The van der Waals surface area contributed by atoms with Crippen molar-refractivity contribution in [3.05, 3.63) is 30.7 Å². The topological polar surface area (TPSA) is 94.8 Å². The molecule has 1 aromatic carbocycles. The minimum atomic E-state index is -3.41. The van der Waals surface area contributed by atoms with Gasteiger partial charge >= 0.3 is 11.9 Å². The van der Waals surface area contributed by atoms with E-state index in [1.807, 2.05) is 0 Å². The molecule has 0 atom stereocenters. The maximum atomic E-state index is 11.0. The average molecular weight is 368 g/mol. The van der Waals surface area contributed by atoms with Crippen molar-refractivity contribution in [1.29, 1.82) is 0 Å². The van der Waals surface area contributed by atoms with Crippen LogP contribution in [0, 0.1) is 0 Å². The summed E-state index contributed by atoms with van der Waals surface area (Å²) in [6.45, 7) is 0. The highest BCUT2D eigenvalue weighted by Crippen LogP contribution is 2.47. The van der Waals surface area contributed by atoms with Gasteiger partial charge in [-0.25, -0.2) is 9.59 Å². The molecule has 0 saturated heterocycles. The van der Waals surface area contributed by atoms with Gasteiger partial charge in [-0.05, 0) is 0 Å². The van der Waals surface area contributed by atoms with E-state index in [9.17, 15) is 14.7 Å². The van der Waals surface area contributed by atoms with E-state index in [0.717, 1.165) is 0 Å². The fourth-order valence-electron chi connectivity index (χ4n) is 1.23. The lowest BCUT2D eigenvalue weighted by molar-refractivity contribution is -0.177. The lowest BCUT2D eigenvalue weighted by Crippen LogP contribution is -2.44. The van der Waals surface area contributed by atoms with Crippen LogP contribution >= 0.6 is 58.0 Å². The molecule has 0 heterocycles. The lowest BCUT2D eigenvalue weighted by Gasteiger charge is -2.23. The molecule has 0 fully saturated rings. The van der Waals surface area contributed by atoms with Gasteiger partial charge in [0.15, 0.2) is 0 Å². The van der Waals surface area contributed by atoms with E-state index in [4.69, 9.17) is 68.2 Å². The molecule has 104 valence electrons. The number of aliphatic hydroxyl groups is 1. The SMILES string of the molecule is O=C(O)C(O)(C(=O)O)c1c(Cl)c(Cl)c(Cl)c(Cl)c1Cl. The first kappa shape index (κ1) is 16.6. The summed E-state index contributed by atoms with van der Waals surface area (Å²) in [5.74, 6) is -4.23. The van der Waals surface area contributed by atoms with E-state index in [1.54, 1.807) is 0 Å². The quantitative estimate of drug-likeness (QED) is 0.432. The standard InChI is InChI=1S/C9H3Cl5O5/c10-2-1(9(19,7(15)16)8(17)18)3(11)5(13)6(14)4(2)12/h19H,(H,15,16)(H,17,18). The van der Waals surface area contributed by atoms with Crippen molar-refractivity contribution in [2.45, 2.75) is 5.60 Å². The van der Waals surface area contributed by atoms with Crippen LogP contribution in [0.3, 0.4) is 0 Å². The summed E-state index contributed by atoms with van der Waals surface area (Å²) < 4.78 is 0. The Balaban J connectivity index is 3.87. The van der Waals surface area contributed by atoms with Gasteiger partial charge < -0.3 is 15.3 Å². The fraction of sp³-hybridized carbons (Fsp3) is 0.111. The number of carbonyl (C=O) groups is 2. The molecule has 1 rings (SSSR count). The van der Waals surface area contributed by atoms with Crippen molar-refractivity contribution in [2.24, 2.45) is 0 Å². The van der Waals surface area contributed by atoms with Crippen LogP contribution in [0.15, 0.2) is 0 Å². The second kappa shape index (κ2) is 5.52. The van der Waals surface area contributed by atoms with E-state index >= 15 is 0 Å². The molecule has 19 heavy (non-hydrogen) atoms. The molecule has 0 aliphatic rings. The summed E-state index contributed by atoms with van der Waals surface area (Å²) in [7, 11) is 0. The van der Waals surface area contributed by atoms with Crippen molar-refractivity contribution in [1.82, 2.24) is 0 Å². The summed E-state index contributed by atoms with van der Waals surface area (Å²) in [6, 6.07) is 0. The van der Waals surface area contributed by atoms with E-state index < -0.39 is 43.2 Å². The molecule has 10 heteroatoms. The van der Waals surface area contributed by atoms with Crippen molar-refractivity contribution < 1.29 is 24.9 Å². The van der Waals surface area contributed by atoms with Gasteiger partial charge in [-0.3, -0.25) is 0 Å². The Kier molecular flexibility index (Phi) is 4.83. The molecule has 3 N–H and O–H groups in total. The molecule has 0 saturated carbocycles. The third kappa shape index (κ3) is 2.46. The highest BCUT2D eigenvalue weighted by atomic mass is 35.5. The van der Waals surface area contributed by atoms with Gasteiger partial charge in [0.25, 0.3) is 5.60 Å². The first-order valence-electron chi connectivity index (χ1n) is 4.27. The Morgan fingerprint density at radius 2 is 1.00 bits per heavy atom. The molecule has 5 nitrogen and oxygen atoms in total. The summed E-state index contributed by atoms with van der Waals surface area (Å²) in [6.07, 6.45) is 0. The summed E-state index contributed by atoms with van der Waals surface area (Å²) in [5.41, 5.74) is -4.28. The molecule has 0 radical (unpaired) electrons. The zero-order valence-corrected chi connectivity index (χ0v) is 12.3. The number of hydrogen-bond acceptors (Lipinski definition) is 3. The van der Waals surface area contributed by atoms with E-state index in [-0.39, 0.29) is 5.02 Å². The predicted octanol–water partition coefficient (Wildman–Crippen LogP) is 3.31. The summed E-state index contributed by atoms with van der Waals surface area (Å²) in [4.78, 5) is 22.0. The average Bonchev–Trinajstić information content (AvgIpc) is 2.33. The van der Waals surface area contributed by atoms with Gasteiger partial charge in [0.2, 0.25) is 0 Å². The first-order chi connectivity index (χ1) is 8.56. The lowest BCUT2D eigenvalue weighted by atomic mass is 9.94. The van der Waals surface area contributed by atoms with Crippen LogP contribution in [0.2, 0.25) is 25.1 Å². The van der Waals surface area contributed by atoms with Gasteiger partial charge in [-0.15, -0.1) is 0 Å². The molecule has 0 amide bonds. The molecule has 0 aliphatic carbocycles. The van der Waals surface area contributed by atoms with Crippen molar-refractivity contribution in [2.75, 3.05) is 0 Å². The fourth-order valence-corrected chi connectivity index (χ4v) is 2.64. The van der Waals surface area contributed by atoms with Crippen molar-refractivity contribution in [3.63, 3.8) is 0 Å². The molecule has 0 unspecified atom stereocenters. The largest absolute Gasteiger partial charge is 0.478 e. The monoisotopic (exact) mass is 366 g/mol. The minimum Gasteiger partial charge on any atom is -0.478 e. The van der Waals surface area contributed by atoms with Crippen LogP contribution in [0.4, 0.5) is 0 Å². The number of rotatable bonds is 3. The second-order valence-electron chi connectivity index (χ2n) is 3.27. The summed E-state index contributed by atoms with van der Waals surface area (Å²) in [5, 5.41) is 25.2. The molecular formula is C9H3Cl5O5. The van der Waals surface area contributed by atoms with Crippen LogP contribution in [-0.2, 0) is 15.2 Å². The molecule has 1 aromatic rings. The Labute approximate surface area is 131 Å². The Morgan fingerprint density at radius 1 is 0.737 bits per heavy atom. The number of halogens is 5. The molecule has 0 aromatic heterocycles. The van der Waals surface area contributed by atoms with Crippen molar-refractivity contribution >= 4 is 69.9 Å². The number of hydrogen-bond donors (Lipinski definition) is 3. The maximum Gasteiger partial charge on any atom is 0.352 e.